The number of carbonyl (C=O) groups excluding carboxylic acids is 1. The van der Waals surface area contributed by atoms with Crippen LogP contribution in [0, 0.1) is 0 Å². The van der Waals surface area contributed by atoms with Gasteiger partial charge in [-0.3, -0.25) is 9.78 Å². The van der Waals surface area contributed by atoms with Gasteiger partial charge in [-0.15, -0.1) is 0 Å². The Kier molecular flexibility index (Phi) is 6.64. The summed E-state index contributed by atoms with van der Waals surface area (Å²) in [5, 5.41) is 18.3. The minimum atomic E-state index is -1.71. The van der Waals surface area contributed by atoms with Gasteiger partial charge in [0.2, 0.25) is 11.5 Å². The average Bonchev–Trinajstić information content (AvgIpc) is 3.51. The van der Waals surface area contributed by atoms with Gasteiger partial charge in [0.1, 0.15) is 5.69 Å². The van der Waals surface area contributed by atoms with Gasteiger partial charge in [0.25, 0.3) is 5.91 Å². The van der Waals surface area contributed by atoms with Crippen molar-refractivity contribution in [3.8, 4) is 22.8 Å². The summed E-state index contributed by atoms with van der Waals surface area (Å²) in [6, 6.07) is 14.5. The number of nitrogens with one attached hydrogen (secondary N) is 1. The fourth-order valence-corrected chi connectivity index (χ4v) is 4.28. The van der Waals surface area contributed by atoms with E-state index in [0.717, 1.165) is 5.69 Å². The third kappa shape index (κ3) is 5.04. The Balaban J connectivity index is 1.39. The van der Waals surface area contributed by atoms with Crippen LogP contribution >= 0.6 is 0 Å². The zero-order chi connectivity index (χ0) is 26.0. The van der Waals surface area contributed by atoms with Crippen LogP contribution in [-0.4, -0.2) is 80.1 Å². The monoisotopic (exact) mass is 500 g/mol. The summed E-state index contributed by atoms with van der Waals surface area (Å²) in [4.78, 5) is 34.2. The number of rotatable bonds is 8. The lowest BCUT2D eigenvalue weighted by Gasteiger charge is -2.22. The molecule has 2 N–H and O–H groups in total. The Morgan fingerprint density at radius 2 is 1.84 bits per heavy atom. The first-order chi connectivity index (χ1) is 17.8. The molecule has 11 heteroatoms. The summed E-state index contributed by atoms with van der Waals surface area (Å²) in [6.07, 6.45) is 3.69. The van der Waals surface area contributed by atoms with Crippen LogP contribution in [0.25, 0.3) is 22.8 Å². The van der Waals surface area contributed by atoms with Crippen LogP contribution in [-0.2, 0) is 10.4 Å². The highest BCUT2D eigenvalue weighted by atomic mass is 16.5. The van der Waals surface area contributed by atoms with E-state index in [4.69, 9.17) is 9.51 Å². The van der Waals surface area contributed by atoms with Gasteiger partial charge in [-0.1, -0.05) is 17.3 Å². The van der Waals surface area contributed by atoms with Gasteiger partial charge in [0.05, 0.1) is 28.8 Å². The molecule has 5 heterocycles. The SMILES string of the molecule is CN(C)C[C@@H](Nc1nccc(-c2cccc(-c3cc([C@]4(O)CCN(C)C4=O)on3)n2)n1)c1ccccn1. The highest BCUT2D eigenvalue weighted by molar-refractivity contribution is 5.87. The number of likely N-dealkylation sites (N-methyl/N-ethyl adjacent to an activating group) is 2. The molecule has 0 radical (unpaired) electrons. The lowest BCUT2D eigenvalue weighted by molar-refractivity contribution is -0.144. The lowest BCUT2D eigenvalue weighted by atomic mass is 9.98. The number of nitrogens with zero attached hydrogens (tertiary/aromatic N) is 7. The second-order valence-corrected chi connectivity index (χ2v) is 9.30. The van der Waals surface area contributed by atoms with E-state index < -0.39 is 11.5 Å². The van der Waals surface area contributed by atoms with Gasteiger partial charge in [-0.05, 0) is 44.4 Å². The Morgan fingerprint density at radius 1 is 1.05 bits per heavy atom. The van der Waals surface area contributed by atoms with Crippen LogP contribution in [0.4, 0.5) is 5.95 Å². The van der Waals surface area contributed by atoms with Crippen molar-refractivity contribution in [2.24, 2.45) is 0 Å². The predicted octanol–water partition coefficient (Wildman–Crippen LogP) is 2.35. The van der Waals surface area contributed by atoms with Gasteiger partial charge in [-0.2, -0.15) is 0 Å². The van der Waals surface area contributed by atoms with Crippen LogP contribution in [0.5, 0.6) is 0 Å². The fourth-order valence-electron chi connectivity index (χ4n) is 4.28. The molecular formula is C26H28N8O3. The van der Waals surface area contributed by atoms with E-state index in [-0.39, 0.29) is 18.2 Å². The maximum Gasteiger partial charge on any atom is 0.262 e. The smallest absolute Gasteiger partial charge is 0.262 e. The molecule has 0 aliphatic carbocycles. The molecule has 1 aliphatic rings. The van der Waals surface area contributed by atoms with Crippen molar-refractivity contribution in [2.45, 2.75) is 18.1 Å². The molecule has 11 nitrogen and oxygen atoms in total. The van der Waals surface area contributed by atoms with E-state index in [2.05, 4.69) is 30.3 Å². The van der Waals surface area contributed by atoms with E-state index in [1.165, 1.54) is 4.90 Å². The highest BCUT2D eigenvalue weighted by Crippen LogP contribution is 2.34. The first-order valence-corrected chi connectivity index (χ1v) is 11.9. The standard InChI is InChI=1S/C26H28N8O3/c1-33(2)16-22(17-7-4-5-12-27-17)31-25-28-13-10-20(30-25)18-8-6-9-19(29-18)21-15-23(37-32-21)26(36)11-14-34(3)24(26)35/h4-10,12-13,15,22,36H,11,14,16H2,1-3H3,(H,28,30,31)/t22-,26-/m1/s1. The molecule has 0 saturated carbocycles. The molecule has 4 aromatic heterocycles. The first kappa shape index (κ1) is 24.5. The molecule has 1 fully saturated rings. The predicted molar refractivity (Wildman–Crippen MR) is 136 cm³/mol. The molecule has 0 aromatic carbocycles. The second kappa shape index (κ2) is 10.0. The molecule has 5 rings (SSSR count). The summed E-state index contributed by atoms with van der Waals surface area (Å²) in [7, 11) is 5.64. The largest absolute Gasteiger partial charge is 0.373 e. The van der Waals surface area contributed by atoms with Crippen LogP contribution in [0.3, 0.4) is 0 Å². The normalized spacial score (nSPS) is 18.4. The Bertz CT molecular complexity index is 1390. The molecule has 0 bridgehead atoms. The van der Waals surface area contributed by atoms with E-state index in [1.807, 2.05) is 44.4 Å². The number of hydrogen-bond donors (Lipinski definition) is 2. The summed E-state index contributed by atoms with van der Waals surface area (Å²) >= 11 is 0. The van der Waals surface area contributed by atoms with E-state index >= 15 is 0 Å². The van der Waals surface area contributed by atoms with Gasteiger partial charge in [-0.25, -0.2) is 15.0 Å². The zero-order valence-corrected chi connectivity index (χ0v) is 20.9. The van der Waals surface area contributed by atoms with E-state index in [1.54, 1.807) is 37.6 Å². The number of carbonyl (C=O) groups is 1. The number of aromatic nitrogens is 5. The summed E-state index contributed by atoms with van der Waals surface area (Å²) < 4.78 is 5.37. The fraction of sp³-hybridized carbons (Fsp3) is 0.308. The number of pyridine rings is 2. The minimum absolute atomic E-state index is 0.109. The zero-order valence-electron chi connectivity index (χ0n) is 20.9. The van der Waals surface area contributed by atoms with Crippen molar-refractivity contribution < 1.29 is 14.4 Å². The molecular weight excluding hydrogens is 472 g/mol. The van der Waals surface area contributed by atoms with Gasteiger partial charge in [0.15, 0.2) is 5.76 Å². The maximum absolute atomic E-state index is 12.4. The third-order valence-electron chi connectivity index (χ3n) is 6.25. The van der Waals surface area contributed by atoms with Crippen molar-refractivity contribution in [2.75, 3.05) is 39.5 Å². The van der Waals surface area contributed by atoms with Crippen LogP contribution in [0.15, 0.2) is 65.4 Å². The van der Waals surface area contributed by atoms with Crippen molar-refractivity contribution >= 4 is 11.9 Å². The van der Waals surface area contributed by atoms with Crippen LogP contribution < -0.4 is 5.32 Å². The maximum atomic E-state index is 12.4. The number of aliphatic hydroxyl groups is 1. The summed E-state index contributed by atoms with van der Waals surface area (Å²) in [5.41, 5.74) is 1.37. The molecule has 2 atom stereocenters. The molecule has 4 aromatic rings. The molecule has 1 aliphatic heterocycles. The van der Waals surface area contributed by atoms with E-state index in [9.17, 15) is 9.90 Å². The van der Waals surface area contributed by atoms with Crippen molar-refractivity contribution in [1.82, 2.24) is 34.9 Å². The summed E-state index contributed by atoms with van der Waals surface area (Å²) in [6.45, 7) is 1.15. The van der Waals surface area contributed by atoms with Gasteiger partial charge < -0.3 is 24.7 Å². The minimum Gasteiger partial charge on any atom is -0.373 e. The third-order valence-corrected chi connectivity index (χ3v) is 6.25. The second-order valence-electron chi connectivity index (χ2n) is 9.30. The Morgan fingerprint density at radius 3 is 2.54 bits per heavy atom. The van der Waals surface area contributed by atoms with E-state index in [0.29, 0.717) is 41.8 Å². The van der Waals surface area contributed by atoms with Crippen LogP contribution in [0.2, 0.25) is 0 Å². The number of hydrogen-bond acceptors (Lipinski definition) is 10. The number of anilines is 1. The van der Waals surface area contributed by atoms with Gasteiger partial charge in [0, 0.05) is 45.0 Å². The molecule has 37 heavy (non-hydrogen) atoms. The average molecular weight is 501 g/mol. The topological polar surface area (TPSA) is 133 Å². The quantitative estimate of drug-likeness (QED) is 0.371. The molecule has 1 amide bonds. The van der Waals surface area contributed by atoms with Gasteiger partial charge >= 0.3 is 0 Å². The van der Waals surface area contributed by atoms with Crippen molar-refractivity contribution in [3.63, 3.8) is 0 Å². The highest BCUT2D eigenvalue weighted by Gasteiger charge is 2.48. The lowest BCUT2D eigenvalue weighted by Crippen LogP contribution is -2.35. The summed E-state index contributed by atoms with van der Waals surface area (Å²) in [5.74, 6) is 0.159. The first-order valence-electron chi connectivity index (χ1n) is 11.9. The van der Waals surface area contributed by atoms with Crippen LogP contribution in [0.1, 0.15) is 23.9 Å². The van der Waals surface area contributed by atoms with Crippen molar-refractivity contribution in [1.29, 1.82) is 0 Å². The molecule has 0 unspecified atom stereocenters. The number of amides is 1. The van der Waals surface area contributed by atoms with Crippen molar-refractivity contribution in [3.05, 3.63) is 72.4 Å². The molecule has 190 valence electrons. The Labute approximate surface area is 214 Å². The molecule has 0 spiro atoms. The Hall–Kier alpha value is -4.22. The number of likely N-dealkylation sites (tertiary alicyclic amines) is 1. The molecule has 1 saturated heterocycles.